The molecule has 4 nitrogen and oxygen atoms in total. The van der Waals surface area contributed by atoms with E-state index in [-0.39, 0.29) is 10.4 Å². The Morgan fingerprint density at radius 1 is 0.957 bits per heavy atom. The number of rotatable bonds is 2. The molecule has 2 aromatic carbocycles. The molecule has 0 atom stereocenters. The quantitative estimate of drug-likeness (QED) is 0.609. The lowest BCUT2D eigenvalue weighted by molar-refractivity contribution is 0.0702. The van der Waals surface area contributed by atoms with Crippen molar-refractivity contribution in [1.82, 2.24) is 4.57 Å². The Kier molecular flexibility index (Phi) is 3.02. The zero-order chi connectivity index (χ0) is 16.0. The predicted molar refractivity (Wildman–Crippen MR) is 91.9 cm³/mol. The van der Waals surface area contributed by atoms with Crippen LogP contribution in [-0.4, -0.2) is 15.6 Å². The average molecular weight is 321 g/mol. The molecule has 23 heavy (non-hydrogen) atoms. The first-order valence-electron chi connectivity index (χ1n) is 7.03. The van der Waals surface area contributed by atoms with Gasteiger partial charge in [0.15, 0.2) is 0 Å². The monoisotopic (exact) mass is 321 g/mol. The zero-order valence-corrected chi connectivity index (χ0v) is 12.7. The molecule has 0 aliphatic heterocycles. The van der Waals surface area contributed by atoms with E-state index in [1.165, 1.54) is 6.07 Å². The van der Waals surface area contributed by atoms with E-state index in [9.17, 15) is 14.7 Å². The van der Waals surface area contributed by atoms with Crippen molar-refractivity contribution in [3.05, 3.63) is 75.9 Å². The number of fused-ring (bicyclic) bond motifs is 3. The maximum absolute atomic E-state index is 13.0. The zero-order valence-electron chi connectivity index (χ0n) is 11.9. The number of hydrogen-bond acceptors (Lipinski definition) is 3. The van der Waals surface area contributed by atoms with Gasteiger partial charge in [-0.1, -0.05) is 36.4 Å². The molecule has 0 bridgehead atoms. The maximum Gasteiger partial charge on any atom is 0.345 e. The van der Waals surface area contributed by atoms with E-state index in [0.29, 0.717) is 5.39 Å². The molecule has 4 aromatic rings. The molecule has 0 fully saturated rings. The van der Waals surface area contributed by atoms with Gasteiger partial charge in [0.2, 0.25) is 0 Å². The summed E-state index contributed by atoms with van der Waals surface area (Å²) in [5, 5.41) is 10.6. The van der Waals surface area contributed by atoms with Crippen molar-refractivity contribution in [1.29, 1.82) is 0 Å². The van der Waals surface area contributed by atoms with Crippen LogP contribution in [0, 0.1) is 0 Å². The number of aromatic nitrogens is 1. The molecule has 0 unspecified atom stereocenters. The second-order valence-corrected chi connectivity index (χ2v) is 6.20. The highest BCUT2D eigenvalue weighted by Crippen LogP contribution is 2.31. The van der Waals surface area contributed by atoms with E-state index in [4.69, 9.17) is 0 Å². The van der Waals surface area contributed by atoms with Crippen molar-refractivity contribution >= 4 is 38.3 Å². The van der Waals surface area contributed by atoms with Crippen molar-refractivity contribution in [3.8, 4) is 5.69 Å². The van der Waals surface area contributed by atoms with Gasteiger partial charge in [-0.2, -0.15) is 0 Å². The first kappa shape index (κ1) is 13.7. The van der Waals surface area contributed by atoms with Gasteiger partial charge in [0.05, 0.1) is 15.6 Å². The average Bonchev–Trinajstić information content (AvgIpc) is 3.02. The van der Waals surface area contributed by atoms with Crippen molar-refractivity contribution < 1.29 is 9.90 Å². The highest BCUT2D eigenvalue weighted by Gasteiger charge is 2.17. The second-order valence-electron chi connectivity index (χ2n) is 5.15. The predicted octanol–water partition coefficient (Wildman–Crippen LogP) is 3.90. The molecule has 0 spiro atoms. The largest absolute Gasteiger partial charge is 0.477 e. The molecule has 0 saturated heterocycles. The molecule has 2 aromatic heterocycles. The third-order valence-electron chi connectivity index (χ3n) is 3.78. The van der Waals surface area contributed by atoms with Crippen LogP contribution in [0.4, 0.5) is 0 Å². The normalized spacial score (nSPS) is 11.1. The smallest absolute Gasteiger partial charge is 0.345 e. The summed E-state index contributed by atoms with van der Waals surface area (Å²) in [5.74, 6) is -1.01. The van der Waals surface area contributed by atoms with Crippen LogP contribution in [0.5, 0.6) is 0 Å². The van der Waals surface area contributed by atoms with Gasteiger partial charge in [-0.15, -0.1) is 11.3 Å². The summed E-state index contributed by atoms with van der Waals surface area (Å²) >= 11 is 1.14. The molecule has 2 heterocycles. The maximum atomic E-state index is 13.0. The number of carboxylic acids is 1. The minimum atomic E-state index is -1.01. The number of carboxylic acid groups (broad SMARTS) is 1. The summed E-state index contributed by atoms with van der Waals surface area (Å²) in [5.41, 5.74) is 1.34. The summed E-state index contributed by atoms with van der Waals surface area (Å²) in [4.78, 5) is 24.4. The Labute approximate surface area is 134 Å². The first-order valence-corrected chi connectivity index (χ1v) is 7.84. The van der Waals surface area contributed by atoms with Crippen LogP contribution in [-0.2, 0) is 0 Å². The molecule has 112 valence electrons. The lowest BCUT2D eigenvalue weighted by Gasteiger charge is -2.11. The molecule has 4 rings (SSSR count). The molecule has 0 radical (unpaired) electrons. The third-order valence-corrected chi connectivity index (χ3v) is 4.94. The first-order chi connectivity index (χ1) is 11.2. The van der Waals surface area contributed by atoms with Crippen LogP contribution >= 0.6 is 11.3 Å². The lowest BCUT2D eigenvalue weighted by Crippen LogP contribution is -2.18. The van der Waals surface area contributed by atoms with E-state index in [1.807, 2.05) is 54.6 Å². The van der Waals surface area contributed by atoms with Gasteiger partial charge >= 0.3 is 5.97 Å². The van der Waals surface area contributed by atoms with Crippen molar-refractivity contribution in [2.24, 2.45) is 0 Å². The van der Waals surface area contributed by atoms with Crippen LogP contribution < -0.4 is 5.56 Å². The van der Waals surface area contributed by atoms with Gasteiger partial charge < -0.3 is 5.11 Å². The third kappa shape index (κ3) is 2.05. The summed E-state index contributed by atoms with van der Waals surface area (Å²) in [6.45, 7) is 0. The van der Waals surface area contributed by atoms with E-state index in [0.717, 1.165) is 32.6 Å². The Bertz CT molecular complexity index is 1110. The number of benzene rings is 2. The fourth-order valence-corrected chi connectivity index (χ4v) is 3.80. The van der Waals surface area contributed by atoms with Gasteiger partial charge in [0, 0.05) is 11.1 Å². The number of pyridine rings is 1. The Balaban J connectivity index is 2.23. The van der Waals surface area contributed by atoms with E-state index < -0.39 is 5.97 Å². The number of thiophene rings is 1. The van der Waals surface area contributed by atoms with E-state index >= 15 is 0 Å². The van der Waals surface area contributed by atoms with Gasteiger partial charge in [0.25, 0.3) is 5.56 Å². The summed E-state index contributed by atoms with van der Waals surface area (Å²) in [7, 11) is 0. The van der Waals surface area contributed by atoms with Crippen LogP contribution in [0.25, 0.3) is 26.7 Å². The number of nitrogens with zero attached hydrogens (tertiary/aromatic N) is 1. The molecular weight excluding hydrogens is 310 g/mol. The second kappa shape index (κ2) is 5.07. The fraction of sp³-hybridized carbons (Fsp3) is 0. The van der Waals surface area contributed by atoms with Crippen LogP contribution in [0.3, 0.4) is 0 Å². The van der Waals surface area contributed by atoms with Gasteiger partial charge in [-0.25, -0.2) is 4.79 Å². The molecule has 0 saturated carbocycles. The van der Waals surface area contributed by atoms with Crippen LogP contribution in [0.15, 0.2) is 65.5 Å². The Morgan fingerprint density at radius 2 is 1.65 bits per heavy atom. The minimum absolute atomic E-state index is 0.174. The van der Waals surface area contributed by atoms with E-state index in [1.54, 1.807) is 4.57 Å². The number of carbonyl (C=O) groups is 1. The number of hydrogen-bond donors (Lipinski definition) is 1. The highest BCUT2D eigenvalue weighted by atomic mass is 32.1. The van der Waals surface area contributed by atoms with Crippen molar-refractivity contribution in [3.63, 3.8) is 0 Å². The summed E-state index contributed by atoms with van der Waals surface area (Å²) in [6, 6.07) is 18.4. The van der Waals surface area contributed by atoms with Crippen molar-refractivity contribution in [2.45, 2.75) is 0 Å². The van der Waals surface area contributed by atoms with Gasteiger partial charge in [0.1, 0.15) is 4.88 Å². The minimum Gasteiger partial charge on any atom is -0.477 e. The van der Waals surface area contributed by atoms with Crippen LogP contribution in [0.1, 0.15) is 9.67 Å². The van der Waals surface area contributed by atoms with Gasteiger partial charge in [-0.3, -0.25) is 9.36 Å². The molecule has 0 amide bonds. The van der Waals surface area contributed by atoms with E-state index in [2.05, 4.69) is 0 Å². The van der Waals surface area contributed by atoms with Crippen molar-refractivity contribution in [2.75, 3.05) is 0 Å². The summed E-state index contributed by atoms with van der Waals surface area (Å²) < 4.78 is 2.35. The summed E-state index contributed by atoms with van der Waals surface area (Å²) in [6.07, 6.45) is 0. The molecule has 0 aliphatic carbocycles. The van der Waals surface area contributed by atoms with Crippen LogP contribution in [0.2, 0.25) is 0 Å². The molecule has 5 heteroatoms. The standard InChI is InChI=1S/C18H11NO3S/c20-17-13-10-15(18(21)22)23-16(13)12-8-4-5-9-14(12)19(17)11-6-2-1-3-7-11/h1-10H,(H,21,22). The Morgan fingerprint density at radius 3 is 2.39 bits per heavy atom. The highest BCUT2D eigenvalue weighted by molar-refractivity contribution is 7.21. The Hall–Kier alpha value is -2.92. The fourth-order valence-electron chi connectivity index (χ4n) is 2.78. The molecule has 0 aliphatic rings. The SMILES string of the molecule is O=C(O)c1cc2c(=O)n(-c3ccccc3)c3ccccc3c2s1. The molecule has 1 N–H and O–H groups in total. The topological polar surface area (TPSA) is 59.3 Å². The molecular formula is C18H11NO3S. The van der Waals surface area contributed by atoms with Gasteiger partial charge in [-0.05, 0) is 24.3 Å². The lowest BCUT2D eigenvalue weighted by atomic mass is 10.1. The number of para-hydroxylation sites is 2. The number of aromatic carboxylic acids is 1.